The van der Waals surface area contributed by atoms with Gasteiger partial charge in [-0.1, -0.05) is 37.5 Å². The number of benzene rings is 1. The van der Waals surface area contributed by atoms with Gasteiger partial charge >= 0.3 is 0 Å². The molecule has 0 radical (unpaired) electrons. The van der Waals surface area contributed by atoms with E-state index in [1.54, 1.807) is 0 Å². The first kappa shape index (κ1) is 10.2. The molecule has 16 heavy (non-hydrogen) atoms. The van der Waals surface area contributed by atoms with E-state index >= 15 is 0 Å². The third-order valence-corrected chi connectivity index (χ3v) is 4.44. The Morgan fingerprint density at radius 1 is 1.19 bits per heavy atom. The lowest BCUT2D eigenvalue weighted by Gasteiger charge is -2.38. The maximum Gasteiger partial charge on any atom is 0.0481 e. The topological polar surface area (TPSA) is 38.0 Å². The van der Waals surface area contributed by atoms with Crippen LogP contribution < -0.4 is 11.1 Å². The van der Waals surface area contributed by atoms with Gasteiger partial charge in [0.2, 0.25) is 0 Å². The van der Waals surface area contributed by atoms with Crippen LogP contribution in [0.15, 0.2) is 24.3 Å². The van der Waals surface area contributed by atoms with Crippen molar-refractivity contribution in [1.82, 2.24) is 0 Å². The van der Waals surface area contributed by atoms with Crippen molar-refractivity contribution in [3.8, 4) is 0 Å². The van der Waals surface area contributed by atoms with Gasteiger partial charge in [0.15, 0.2) is 0 Å². The van der Waals surface area contributed by atoms with Crippen LogP contribution >= 0.6 is 0 Å². The van der Waals surface area contributed by atoms with Crippen molar-refractivity contribution in [2.45, 2.75) is 43.6 Å². The van der Waals surface area contributed by atoms with E-state index in [1.807, 2.05) is 0 Å². The number of hydrogen-bond donors (Lipinski definition) is 2. The summed E-state index contributed by atoms with van der Waals surface area (Å²) in [5.41, 5.74) is 9.13. The van der Waals surface area contributed by atoms with Crippen LogP contribution in [0.25, 0.3) is 0 Å². The van der Waals surface area contributed by atoms with Crippen molar-refractivity contribution in [2.75, 3.05) is 11.9 Å². The number of rotatable bonds is 1. The van der Waals surface area contributed by atoms with Crippen LogP contribution in [0.1, 0.15) is 37.7 Å². The molecule has 2 nitrogen and oxygen atoms in total. The maximum atomic E-state index is 5.96. The van der Waals surface area contributed by atoms with E-state index in [0.29, 0.717) is 11.5 Å². The zero-order valence-electron chi connectivity index (χ0n) is 9.71. The molecule has 0 aromatic heterocycles. The summed E-state index contributed by atoms with van der Waals surface area (Å²) in [5, 5.41) is 3.62. The van der Waals surface area contributed by atoms with Crippen molar-refractivity contribution < 1.29 is 0 Å². The van der Waals surface area contributed by atoms with Gasteiger partial charge in [-0.25, -0.2) is 0 Å². The quantitative estimate of drug-likeness (QED) is 0.757. The van der Waals surface area contributed by atoms with Gasteiger partial charge in [0.25, 0.3) is 0 Å². The number of hydrogen-bond acceptors (Lipinski definition) is 2. The molecule has 0 amide bonds. The summed E-state index contributed by atoms with van der Waals surface area (Å²) in [6.07, 6.45) is 6.71. The van der Waals surface area contributed by atoms with Crippen molar-refractivity contribution in [1.29, 1.82) is 0 Å². The molecule has 1 aliphatic heterocycles. The molecule has 1 aromatic carbocycles. The predicted molar refractivity (Wildman–Crippen MR) is 67.7 cm³/mol. The van der Waals surface area contributed by atoms with Gasteiger partial charge in [-0.05, 0) is 24.5 Å². The van der Waals surface area contributed by atoms with Crippen LogP contribution in [0, 0.1) is 0 Å². The van der Waals surface area contributed by atoms with E-state index in [1.165, 1.54) is 43.4 Å². The minimum absolute atomic E-state index is 0.337. The summed E-state index contributed by atoms with van der Waals surface area (Å²) >= 11 is 0. The molecule has 1 aliphatic carbocycles. The summed E-state index contributed by atoms with van der Waals surface area (Å²) in [6.45, 7) is 0.745. The fourth-order valence-corrected chi connectivity index (χ4v) is 3.64. The first-order valence-corrected chi connectivity index (χ1v) is 6.43. The lowest BCUT2D eigenvalue weighted by Crippen LogP contribution is -2.45. The van der Waals surface area contributed by atoms with Gasteiger partial charge in [-0.3, -0.25) is 0 Å². The SMILES string of the molecule is NC[C@@H]1Nc2ccccc2C12CCCCC2. The molecule has 86 valence electrons. The van der Waals surface area contributed by atoms with Crippen LogP contribution in [0.2, 0.25) is 0 Å². The van der Waals surface area contributed by atoms with Gasteiger partial charge < -0.3 is 11.1 Å². The average Bonchev–Trinajstić information content (AvgIpc) is 2.65. The number of nitrogens with two attached hydrogens (primary N) is 1. The lowest BCUT2D eigenvalue weighted by atomic mass is 9.66. The Balaban J connectivity index is 2.06. The van der Waals surface area contributed by atoms with Crippen molar-refractivity contribution in [2.24, 2.45) is 5.73 Å². The fourth-order valence-electron chi connectivity index (χ4n) is 3.64. The second-order valence-electron chi connectivity index (χ2n) is 5.20. The highest BCUT2D eigenvalue weighted by Crippen LogP contribution is 2.49. The molecular weight excluding hydrogens is 196 g/mol. The molecule has 3 N–H and O–H groups in total. The Kier molecular flexibility index (Phi) is 2.40. The number of anilines is 1. The molecule has 1 saturated carbocycles. The van der Waals surface area contributed by atoms with Crippen LogP contribution in [-0.4, -0.2) is 12.6 Å². The maximum absolute atomic E-state index is 5.96. The molecule has 0 bridgehead atoms. The van der Waals surface area contributed by atoms with Crippen LogP contribution in [0.5, 0.6) is 0 Å². The molecule has 1 heterocycles. The monoisotopic (exact) mass is 216 g/mol. The largest absolute Gasteiger partial charge is 0.380 e. The minimum Gasteiger partial charge on any atom is -0.380 e. The number of nitrogens with one attached hydrogen (secondary N) is 1. The summed E-state index contributed by atoms with van der Waals surface area (Å²) in [5.74, 6) is 0. The molecule has 2 heteroatoms. The molecule has 0 saturated heterocycles. The molecule has 1 atom stereocenters. The van der Waals surface area contributed by atoms with E-state index in [0.717, 1.165) is 6.54 Å². The molecule has 2 aliphatic rings. The first-order valence-electron chi connectivity index (χ1n) is 6.43. The third-order valence-electron chi connectivity index (χ3n) is 4.44. The fraction of sp³-hybridized carbons (Fsp3) is 0.571. The van der Waals surface area contributed by atoms with E-state index in [2.05, 4.69) is 29.6 Å². The molecule has 3 rings (SSSR count). The highest BCUT2D eigenvalue weighted by molar-refractivity contribution is 5.62. The summed E-state index contributed by atoms with van der Waals surface area (Å²) in [4.78, 5) is 0. The third kappa shape index (κ3) is 1.29. The Morgan fingerprint density at radius 3 is 2.69 bits per heavy atom. The summed E-state index contributed by atoms with van der Waals surface area (Å²) in [7, 11) is 0. The minimum atomic E-state index is 0.337. The van der Waals surface area contributed by atoms with Gasteiger partial charge in [-0.15, -0.1) is 0 Å². The number of para-hydroxylation sites is 1. The molecule has 1 spiro atoms. The van der Waals surface area contributed by atoms with Gasteiger partial charge in [-0.2, -0.15) is 0 Å². The average molecular weight is 216 g/mol. The van der Waals surface area contributed by atoms with Crippen molar-refractivity contribution in [3.63, 3.8) is 0 Å². The zero-order chi connectivity index (χ0) is 11.0. The molecular formula is C14H20N2. The summed E-state index contributed by atoms with van der Waals surface area (Å²) in [6, 6.07) is 9.21. The lowest BCUT2D eigenvalue weighted by molar-refractivity contribution is 0.270. The van der Waals surface area contributed by atoms with E-state index < -0.39 is 0 Å². The first-order chi connectivity index (χ1) is 7.87. The van der Waals surface area contributed by atoms with Crippen LogP contribution in [0.3, 0.4) is 0 Å². The highest BCUT2D eigenvalue weighted by atomic mass is 15.0. The second-order valence-corrected chi connectivity index (χ2v) is 5.20. The smallest absolute Gasteiger partial charge is 0.0481 e. The zero-order valence-corrected chi connectivity index (χ0v) is 9.71. The molecule has 1 fully saturated rings. The normalized spacial score (nSPS) is 26.4. The van der Waals surface area contributed by atoms with Crippen LogP contribution in [0.4, 0.5) is 5.69 Å². The Hall–Kier alpha value is -1.02. The Morgan fingerprint density at radius 2 is 1.94 bits per heavy atom. The van der Waals surface area contributed by atoms with E-state index in [4.69, 9.17) is 5.73 Å². The van der Waals surface area contributed by atoms with Gasteiger partial charge in [0, 0.05) is 23.7 Å². The Labute approximate surface area is 97.2 Å². The van der Waals surface area contributed by atoms with Gasteiger partial charge in [0.05, 0.1) is 0 Å². The van der Waals surface area contributed by atoms with Gasteiger partial charge in [0.1, 0.15) is 0 Å². The van der Waals surface area contributed by atoms with Crippen LogP contribution in [-0.2, 0) is 5.41 Å². The standard InChI is InChI=1S/C14H20N2/c15-10-13-14(8-4-1-5-9-14)11-6-2-3-7-12(11)16-13/h2-3,6-7,13,16H,1,4-5,8-10,15H2/t13-/m0/s1. The van der Waals surface area contributed by atoms with Crippen molar-refractivity contribution in [3.05, 3.63) is 29.8 Å². The van der Waals surface area contributed by atoms with E-state index in [9.17, 15) is 0 Å². The summed E-state index contributed by atoms with van der Waals surface area (Å²) < 4.78 is 0. The van der Waals surface area contributed by atoms with Crippen molar-refractivity contribution >= 4 is 5.69 Å². The molecule has 0 unspecified atom stereocenters. The number of fused-ring (bicyclic) bond motifs is 2. The second kappa shape index (κ2) is 3.77. The highest BCUT2D eigenvalue weighted by Gasteiger charge is 2.46. The molecule has 1 aromatic rings. The Bertz CT molecular complexity index is 380. The van der Waals surface area contributed by atoms with E-state index in [-0.39, 0.29) is 0 Å². The predicted octanol–water partition coefficient (Wildman–Crippen LogP) is 2.64.